The van der Waals surface area contributed by atoms with Crippen LogP contribution in [0.5, 0.6) is 5.75 Å². The Hall–Kier alpha value is -1.06. The highest BCUT2D eigenvalue weighted by Gasteiger charge is 2.40. The molecule has 2 aliphatic rings. The highest BCUT2D eigenvalue weighted by molar-refractivity contribution is 5.29. The molecule has 1 N–H and O–H groups in total. The van der Waals surface area contributed by atoms with Gasteiger partial charge in [0.05, 0.1) is 6.61 Å². The smallest absolute Gasteiger partial charge is 0.119 e. The molecule has 116 valence electrons. The lowest BCUT2D eigenvalue weighted by molar-refractivity contribution is 0.114. The Bertz CT molecular complexity index is 445. The van der Waals surface area contributed by atoms with Gasteiger partial charge in [-0.25, -0.2) is 0 Å². The van der Waals surface area contributed by atoms with Crippen molar-refractivity contribution in [3.63, 3.8) is 0 Å². The molecule has 0 amide bonds. The zero-order chi connectivity index (χ0) is 14.8. The summed E-state index contributed by atoms with van der Waals surface area (Å²) in [5, 5.41) is 3.56. The van der Waals surface area contributed by atoms with E-state index >= 15 is 0 Å². The molecule has 2 bridgehead atoms. The minimum absolute atomic E-state index is 0.470. The van der Waals surface area contributed by atoms with Crippen molar-refractivity contribution in [1.82, 2.24) is 10.2 Å². The number of nitrogens with one attached hydrogen (secondary N) is 1. The summed E-state index contributed by atoms with van der Waals surface area (Å²) >= 11 is 0. The van der Waals surface area contributed by atoms with E-state index < -0.39 is 0 Å². The van der Waals surface area contributed by atoms with Crippen molar-refractivity contribution < 1.29 is 4.74 Å². The molecule has 3 heteroatoms. The lowest BCUT2D eigenvalue weighted by Crippen LogP contribution is -2.43. The van der Waals surface area contributed by atoms with Gasteiger partial charge in [-0.15, -0.1) is 0 Å². The van der Waals surface area contributed by atoms with E-state index in [0.29, 0.717) is 6.04 Å². The van der Waals surface area contributed by atoms with Crippen LogP contribution in [0, 0.1) is 5.92 Å². The maximum absolute atomic E-state index is 5.55. The van der Waals surface area contributed by atoms with Gasteiger partial charge >= 0.3 is 0 Å². The van der Waals surface area contributed by atoms with Gasteiger partial charge in [0.1, 0.15) is 5.75 Å². The van der Waals surface area contributed by atoms with Crippen molar-refractivity contribution >= 4 is 0 Å². The maximum Gasteiger partial charge on any atom is 0.119 e. The Morgan fingerprint density at radius 3 is 2.33 bits per heavy atom. The van der Waals surface area contributed by atoms with Gasteiger partial charge in [-0.3, -0.25) is 0 Å². The molecule has 2 heterocycles. The second-order valence-electron chi connectivity index (χ2n) is 6.55. The summed E-state index contributed by atoms with van der Waals surface area (Å²) in [4.78, 5) is 2.61. The summed E-state index contributed by atoms with van der Waals surface area (Å²) in [5.74, 6) is 1.72. The maximum atomic E-state index is 5.55. The lowest BCUT2D eigenvalue weighted by atomic mass is 9.82. The van der Waals surface area contributed by atoms with Crippen LogP contribution >= 0.6 is 0 Å². The number of rotatable bonds is 5. The number of ether oxygens (including phenoxy) is 1. The number of benzene rings is 1. The van der Waals surface area contributed by atoms with E-state index in [1.165, 1.54) is 31.2 Å². The number of hydrogen-bond donors (Lipinski definition) is 1. The Labute approximate surface area is 128 Å². The molecular formula is C18H28N2O. The quantitative estimate of drug-likeness (QED) is 0.900. The first-order valence-corrected chi connectivity index (χ1v) is 8.35. The van der Waals surface area contributed by atoms with Crippen molar-refractivity contribution in [3.05, 3.63) is 29.8 Å². The molecule has 3 nitrogen and oxygen atoms in total. The Morgan fingerprint density at radius 2 is 1.81 bits per heavy atom. The van der Waals surface area contributed by atoms with Crippen LogP contribution in [0.3, 0.4) is 0 Å². The van der Waals surface area contributed by atoms with Crippen LogP contribution in [0.25, 0.3) is 0 Å². The van der Waals surface area contributed by atoms with E-state index in [1.54, 1.807) is 0 Å². The number of fused-ring (bicyclic) bond motifs is 2. The third-order valence-corrected chi connectivity index (χ3v) is 5.47. The summed E-state index contributed by atoms with van der Waals surface area (Å²) in [7, 11) is 4.41. The Balaban J connectivity index is 1.73. The van der Waals surface area contributed by atoms with Gasteiger partial charge < -0.3 is 15.0 Å². The van der Waals surface area contributed by atoms with E-state index in [1.807, 2.05) is 6.92 Å². The standard InChI is InChI=1S/C18H28N2O/c1-4-21-17-9-5-13(6-10-17)18(19-2)14-11-15-7-8-16(12-14)20(15)3/h5-6,9-10,14-16,18-19H,4,7-8,11-12H2,1-3H3. The lowest BCUT2D eigenvalue weighted by Gasteiger charge is -2.40. The van der Waals surface area contributed by atoms with Crippen molar-refractivity contribution in [3.8, 4) is 5.75 Å². The van der Waals surface area contributed by atoms with Crippen LogP contribution in [0.4, 0.5) is 0 Å². The normalized spacial score (nSPS) is 30.3. The van der Waals surface area contributed by atoms with Gasteiger partial charge in [-0.1, -0.05) is 12.1 Å². The third kappa shape index (κ3) is 2.95. The van der Waals surface area contributed by atoms with Crippen LogP contribution in [0.2, 0.25) is 0 Å². The second-order valence-corrected chi connectivity index (χ2v) is 6.55. The van der Waals surface area contributed by atoms with E-state index in [-0.39, 0.29) is 0 Å². The molecule has 21 heavy (non-hydrogen) atoms. The van der Waals surface area contributed by atoms with Gasteiger partial charge in [-0.05, 0) is 70.3 Å². The minimum atomic E-state index is 0.470. The van der Waals surface area contributed by atoms with E-state index in [2.05, 4.69) is 48.6 Å². The van der Waals surface area contributed by atoms with Crippen LogP contribution < -0.4 is 10.1 Å². The predicted octanol–water partition coefficient (Wildman–Crippen LogP) is 3.22. The number of piperidine rings is 1. The average molecular weight is 288 g/mol. The van der Waals surface area contributed by atoms with Crippen LogP contribution in [0.1, 0.15) is 44.2 Å². The van der Waals surface area contributed by atoms with E-state index in [0.717, 1.165) is 30.4 Å². The zero-order valence-corrected chi connectivity index (χ0v) is 13.5. The van der Waals surface area contributed by atoms with E-state index in [4.69, 9.17) is 4.74 Å². The molecule has 3 rings (SSSR count). The summed E-state index contributed by atoms with van der Waals surface area (Å²) in [6, 6.07) is 10.7. The van der Waals surface area contributed by atoms with Gasteiger partial charge in [0.15, 0.2) is 0 Å². The highest BCUT2D eigenvalue weighted by Crippen LogP contribution is 2.42. The first-order chi connectivity index (χ1) is 10.2. The molecule has 2 fully saturated rings. The Kier molecular flexibility index (Phi) is 4.51. The SMILES string of the molecule is CCOc1ccc(C(NC)C2CC3CCC(C2)N3C)cc1. The monoisotopic (exact) mass is 288 g/mol. The molecule has 0 spiro atoms. The summed E-state index contributed by atoms with van der Waals surface area (Å²) in [5.41, 5.74) is 1.40. The van der Waals surface area contributed by atoms with Crippen LogP contribution in [0.15, 0.2) is 24.3 Å². The fourth-order valence-electron chi connectivity index (χ4n) is 4.34. The molecule has 2 aliphatic heterocycles. The zero-order valence-electron chi connectivity index (χ0n) is 13.5. The third-order valence-electron chi connectivity index (χ3n) is 5.47. The van der Waals surface area contributed by atoms with Gasteiger partial charge in [0.25, 0.3) is 0 Å². The van der Waals surface area contributed by atoms with Crippen molar-refractivity contribution in [1.29, 1.82) is 0 Å². The summed E-state index contributed by atoms with van der Waals surface area (Å²) < 4.78 is 5.55. The first-order valence-electron chi connectivity index (χ1n) is 8.35. The molecular weight excluding hydrogens is 260 g/mol. The average Bonchev–Trinajstić information content (AvgIpc) is 2.72. The molecule has 0 saturated carbocycles. The van der Waals surface area contributed by atoms with E-state index in [9.17, 15) is 0 Å². The molecule has 0 aliphatic carbocycles. The molecule has 3 atom stereocenters. The summed E-state index contributed by atoms with van der Waals surface area (Å²) in [6.45, 7) is 2.76. The van der Waals surface area contributed by atoms with Crippen LogP contribution in [-0.4, -0.2) is 37.7 Å². The topological polar surface area (TPSA) is 24.5 Å². The Morgan fingerprint density at radius 1 is 1.19 bits per heavy atom. The fraction of sp³-hybridized carbons (Fsp3) is 0.667. The van der Waals surface area contributed by atoms with Crippen molar-refractivity contribution in [2.45, 2.75) is 50.7 Å². The predicted molar refractivity (Wildman–Crippen MR) is 86.7 cm³/mol. The number of nitrogens with zero attached hydrogens (tertiary/aromatic N) is 1. The minimum Gasteiger partial charge on any atom is -0.494 e. The highest BCUT2D eigenvalue weighted by atomic mass is 16.5. The molecule has 3 unspecified atom stereocenters. The van der Waals surface area contributed by atoms with Gasteiger partial charge in [0, 0.05) is 18.1 Å². The van der Waals surface area contributed by atoms with Crippen molar-refractivity contribution in [2.75, 3.05) is 20.7 Å². The molecule has 0 radical (unpaired) electrons. The molecule has 1 aromatic carbocycles. The molecule has 1 aromatic rings. The van der Waals surface area contributed by atoms with Crippen molar-refractivity contribution in [2.24, 2.45) is 5.92 Å². The van der Waals surface area contributed by atoms with Gasteiger partial charge in [0.2, 0.25) is 0 Å². The summed E-state index contributed by atoms with van der Waals surface area (Å²) in [6.07, 6.45) is 5.42. The number of hydrogen-bond acceptors (Lipinski definition) is 3. The first kappa shape index (κ1) is 14.9. The fourth-order valence-corrected chi connectivity index (χ4v) is 4.34. The van der Waals surface area contributed by atoms with Gasteiger partial charge in [-0.2, -0.15) is 0 Å². The second kappa shape index (κ2) is 6.37. The van der Waals surface area contributed by atoms with Crippen LogP contribution in [-0.2, 0) is 0 Å². The molecule has 0 aromatic heterocycles. The molecule has 2 saturated heterocycles. The largest absolute Gasteiger partial charge is 0.494 e.